The summed E-state index contributed by atoms with van der Waals surface area (Å²) in [5.74, 6) is -0.449. The molecular weight excluding hydrogens is 198 g/mol. The van der Waals surface area contributed by atoms with Crippen LogP contribution in [0.5, 0.6) is 0 Å². The van der Waals surface area contributed by atoms with E-state index in [9.17, 15) is 5.11 Å². The van der Waals surface area contributed by atoms with Gasteiger partial charge in [-0.15, -0.1) is 0 Å². The fraction of sp³-hybridized carbons (Fsp3) is 0.900. The molecule has 5 heteroatoms. The SMILES string of the molecule is CC1(C)O[C@@H]2[C@H](O1)C1=NOC[C@@H]1C[C@@H]2O. The highest BCUT2D eigenvalue weighted by molar-refractivity contribution is 5.93. The summed E-state index contributed by atoms with van der Waals surface area (Å²) in [6.45, 7) is 4.26. The van der Waals surface area contributed by atoms with Gasteiger partial charge in [-0.05, 0) is 20.3 Å². The zero-order valence-corrected chi connectivity index (χ0v) is 8.84. The molecular formula is C10H15NO4. The first-order chi connectivity index (χ1) is 7.07. The van der Waals surface area contributed by atoms with E-state index in [-0.39, 0.29) is 18.1 Å². The number of fused-ring (bicyclic) bond motifs is 3. The Balaban J connectivity index is 1.91. The van der Waals surface area contributed by atoms with Crippen LogP contribution in [-0.2, 0) is 14.3 Å². The second kappa shape index (κ2) is 2.93. The van der Waals surface area contributed by atoms with Gasteiger partial charge < -0.3 is 19.4 Å². The van der Waals surface area contributed by atoms with E-state index in [4.69, 9.17) is 14.3 Å². The van der Waals surface area contributed by atoms with Crippen molar-refractivity contribution in [1.29, 1.82) is 0 Å². The second-order valence-electron chi connectivity index (χ2n) is 4.83. The fourth-order valence-electron chi connectivity index (χ4n) is 2.56. The smallest absolute Gasteiger partial charge is 0.164 e. The van der Waals surface area contributed by atoms with Gasteiger partial charge in [-0.1, -0.05) is 5.16 Å². The van der Waals surface area contributed by atoms with Crippen LogP contribution in [0.3, 0.4) is 0 Å². The molecule has 84 valence electrons. The van der Waals surface area contributed by atoms with Crippen LogP contribution >= 0.6 is 0 Å². The number of rotatable bonds is 0. The summed E-state index contributed by atoms with van der Waals surface area (Å²) < 4.78 is 11.4. The van der Waals surface area contributed by atoms with E-state index in [0.29, 0.717) is 13.0 Å². The van der Waals surface area contributed by atoms with E-state index in [0.717, 1.165) is 5.71 Å². The van der Waals surface area contributed by atoms with Crippen LogP contribution in [0.4, 0.5) is 0 Å². The Kier molecular flexibility index (Phi) is 1.87. The highest BCUT2D eigenvalue weighted by Gasteiger charge is 2.53. The minimum Gasteiger partial charge on any atom is -0.395 e. The first-order valence-corrected chi connectivity index (χ1v) is 5.30. The number of nitrogens with zero attached hydrogens (tertiary/aromatic N) is 1. The number of aliphatic hydroxyl groups is 1. The lowest BCUT2D eigenvalue weighted by atomic mass is 9.82. The maximum atomic E-state index is 9.94. The Morgan fingerprint density at radius 3 is 3.00 bits per heavy atom. The second-order valence-corrected chi connectivity index (χ2v) is 4.83. The first kappa shape index (κ1) is 9.57. The molecule has 0 unspecified atom stereocenters. The molecule has 5 nitrogen and oxygen atoms in total. The molecule has 4 atom stereocenters. The Morgan fingerprint density at radius 2 is 2.20 bits per heavy atom. The molecule has 3 aliphatic rings. The van der Waals surface area contributed by atoms with Crippen molar-refractivity contribution >= 4 is 5.71 Å². The largest absolute Gasteiger partial charge is 0.395 e. The lowest BCUT2D eigenvalue weighted by molar-refractivity contribution is -0.152. The zero-order valence-electron chi connectivity index (χ0n) is 8.84. The maximum absolute atomic E-state index is 9.94. The van der Waals surface area contributed by atoms with Crippen molar-refractivity contribution in [3.05, 3.63) is 0 Å². The van der Waals surface area contributed by atoms with Gasteiger partial charge in [0.1, 0.15) is 18.8 Å². The van der Waals surface area contributed by atoms with Crippen LogP contribution in [0.25, 0.3) is 0 Å². The van der Waals surface area contributed by atoms with Crippen LogP contribution in [0.2, 0.25) is 0 Å². The monoisotopic (exact) mass is 213 g/mol. The lowest BCUT2D eigenvalue weighted by Crippen LogP contribution is -2.48. The zero-order chi connectivity index (χ0) is 10.6. The molecule has 0 spiro atoms. The summed E-state index contributed by atoms with van der Waals surface area (Å²) in [5.41, 5.74) is 0.899. The van der Waals surface area contributed by atoms with Crippen molar-refractivity contribution in [3.8, 4) is 0 Å². The van der Waals surface area contributed by atoms with Crippen molar-refractivity contribution < 1.29 is 19.4 Å². The van der Waals surface area contributed by atoms with E-state index in [2.05, 4.69) is 5.16 Å². The Bertz CT molecular complexity index is 315. The van der Waals surface area contributed by atoms with Crippen molar-refractivity contribution in [2.24, 2.45) is 11.1 Å². The van der Waals surface area contributed by atoms with E-state index in [1.807, 2.05) is 13.8 Å². The van der Waals surface area contributed by atoms with E-state index >= 15 is 0 Å². The average molecular weight is 213 g/mol. The van der Waals surface area contributed by atoms with Crippen molar-refractivity contribution in [1.82, 2.24) is 0 Å². The van der Waals surface area contributed by atoms with E-state index < -0.39 is 11.9 Å². The molecule has 0 bridgehead atoms. The third-order valence-electron chi connectivity index (χ3n) is 3.19. The minimum atomic E-state index is -0.643. The summed E-state index contributed by atoms with van der Waals surface area (Å²) >= 11 is 0. The third-order valence-corrected chi connectivity index (χ3v) is 3.19. The molecule has 1 aliphatic carbocycles. The van der Waals surface area contributed by atoms with Crippen LogP contribution in [0, 0.1) is 5.92 Å². The van der Waals surface area contributed by atoms with Gasteiger partial charge in [-0.2, -0.15) is 0 Å². The van der Waals surface area contributed by atoms with Crippen molar-refractivity contribution in [2.75, 3.05) is 6.61 Å². The molecule has 15 heavy (non-hydrogen) atoms. The molecule has 2 fully saturated rings. The van der Waals surface area contributed by atoms with Gasteiger partial charge in [0.15, 0.2) is 5.79 Å². The van der Waals surface area contributed by atoms with Crippen LogP contribution in [0.1, 0.15) is 20.3 Å². The highest BCUT2D eigenvalue weighted by atomic mass is 16.8. The van der Waals surface area contributed by atoms with Crippen molar-refractivity contribution in [2.45, 2.75) is 44.4 Å². The van der Waals surface area contributed by atoms with Gasteiger partial charge in [-0.3, -0.25) is 0 Å². The standard InChI is InChI=1S/C10H15NO4/c1-10(2)14-8-6(12)3-5-4-13-11-7(5)9(8)15-10/h5-6,8-9,12H,3-4H2,1-2H3/t5-,6-,8-,9+/m0/s1. The summed E-state index contributed by atoms with van der Waals surface area (Å²) in [4.78, 5) is 5.06. The highest BCUT2D eigenvalue weighted by Crippen LogP contribution is 2.39. The third kappa shape index (κ3) is 1.38. The summed E-state index contributed by atoms with van der Waals surface area (Å²) in [6.07, 6.45) is -0.366. The fourth-order valence-corrected chi connectivity index (χ4v) is 2.56. The predicted octanol–water partition coefficient (Wildman–Crippen LogP) is 0.273. The molecule has 2 heterocycles. The topological polar surface area (TPSA) is 60.3 Å². The Hall–Kier alpha value is -0.650. The molecule has 1 saturated carbocycles. The average Bonchev–Trinajstić information content (AvgIpc) is 2.67. The molecule has 1 saturated heterocycles. The Morgan fingerprint density at radius 1 is 1.40 bits per heavy atom. The number of oxime groups is 1. The summed E-state index contributed by atoms with van der Waals surface area (Å²) in [5, 5.41) is 13.9. The lowest BCUT2D eigenvalue weighted by Gasteiger charge is -2.30. The van der Waals surface area contributed by atoms with Crippen LogP contribution in [0.15, 0.2) is 5.16 Å². The molecule has 0 aromatic heterocycles. The molecule has 0 aromatic carbocycles. The molecule has 3 rings (SSSR count). The van der Waals surface area contributed by atoms with Gasteiger partial charge >= 0.3 is 0 Å². The van der Waals surface area contributed by atoms with Crippen molar-refractivity contribution in [3.63, 3.8) is 0 Å². The number of ether oxygens (including phenoxy) is 2. The van der Waals surface area contributed by atoms with E-state index in [1.165, 1.54) is 0 Å². The number of hydrogen-bond donors (Lipinski definition) is 1. The van der Waals surface area contributed by atoms with Gasteiger partial charge in [-0.25, -0.2) is 0 Å². The van der Waals surface area contributed by atoms with Crippen LogP contribution in [-0.4, -0.2) is 41.5 Å². The molecule has 0 amide bonds. The molecule has 0 radical (unpaired) electrons. The summed E-state index contributed by atoms with van der Waals surface area (Å²) in [7, 11) is 0. The first-order valence-electron chi connectivity index (χ1n) is 5.30. The molecule has 0 aromatic rings. The quantitative estimate of drug-likeness (QED) is 0.627. The predicted molar refractivity (Wildman–Crippen MR) is 51.3 cm³/mol. The minimum absolute atomic E-state index is 0.193. The number of hydrogen-bond acceptors (Lipinski definition) is 5. The normalized spacial score (nSPS) is 46.7. The van der Waals surface area contributed by atoms with Gasteiger partial charge in [0.2, 0.25) is 0 Å². The molecule has 2 aliphatic heterocycles. The summed E-state index contributed by atoms with van der Waals surface area (Å²) in [6, 6.07) is 0. The Labute approximate surface area is 88.0 Å². The number of aliphatic hydroxyl groups excluding tert-OH is 1. The van der Waals surface area contributed by atoms with Gasteiger partial charge in [0, 0.05) is 5.92 Å². The molecule has 1 N–H and O–H groups in total. The maximum Gasteiger partial charge on any atom is 0.164 e. The van der Waals surface area contributed by atoms with Gasteiger partial charge in [0.25, 0.3) is 0 Å². The van der Waals surface area contributed by atoms with Gasteiger partial charge in [0.05, 0.1) is 11.8 Å². The van der Waals surface area contributed by atoms with E-state index in [1.54, 1.807) is 0 Å². The van der Waals surface area contributed by atoms with Crippen LogP contribution < -0.4 is 0 Å².